The van der Waals surface area contributed by atoms with Crippen LogP contribution in [0.25, 0.3) is 0 Å². The second kappa shape index (κ2) is 6.92. The first-order valence-corrected chi connectivity index (χ1v) is 8.73. The van der Waals surface area contributed by atoms with Crippen LogP contribution in [0.1, 0.15) is 0 Å². The first kappa shape index (κ1) is 20.8. The van der Waals surface area contributed by atoms with E-state index in [0.29, 0.717) is 17.1 Å². The molecule has 3 aliphatic heterocycles. The summed E-state index contributed by atoms with van der Waals surface area (Å²) < 4.78 is 58.9. The molecule has 0 bridgehead atoms. The van der Waals surface area contributed by atoms with Crippen molar-refractivity contribution in [1.29, 1.82) is 0 Å². The van der Waals surface area contributed by atoms with Gasteiger partial charge in [0, 0.05) is 45.3 Å². The Morgan fingerprint density at radius 2 is 1.27 bits per heavy atom. The molecule has 3 heterocycles. The molecule has 0 N–H and O–H groups in total. The summed E-state index contributed by atoms with van der Waals surface area (Å²) in [5, 5.41) is 0. The van der Waals surface area contributed by atoms with Crippen LogP contribution in [0.4, 0.5) is 13.2 Å². The fourth-order valence-corrected chi connectivity index (χ4v) is 2.28. The van der Waals surface area contributed by atoms with Crippen molar-refractivity contribution in [1.82, 2.24) is 14.7 Å². The summed E-state index contributed by atoms with van der Waals surface area (Å²) in [6.07, 6.45) is 1.52. The van der Waals surface area contributed by atoms with Crippen LogP contribution in [0.5, 0.6) is 0 Å². The van der Waals surface area contributed by atoms with Gasteiger partial charge in [0.25, 0.3) is 0 Å². The van der Waals surface area contributed by atoms with Crippen molar-refractivity contribution in [2.45, 2.75) is 5.51 Å². The van der Waals surface area contributed by atoms with Gasteiger partial charge < -0.3 is 19.3 Å². The molecule has 8 nitrogen and oxygen atoms in total. The number of nitrogens with zero attached hydrogens (tertiary/aromatic N) is 3. The number of ketones is 2. The van der Waals surface area contributed by atoms with Crippen LogP contribution in [-0.4, -0.2) is 84.0 Å². The van der Waals surface area contributed by atoms with Gasteiger partial charge in [-0.05, 0) is 0 Å². The normalized spacial score (nSPS) is 21.7. The predicted octanol–water partition coefficient (Wildman–Crippen LogP) is -3.76. The third-order valence-corrected chi connectivity index (χ3v) is 4.34. The van der Waals surface area contributed by atoms with Crippen LogP contribution in [0.15, 0.2) is 23.2 Å². The monoisotopic (exact) mass is 387 g/mol. The molecule has 4 rings (SSSR count). The second-order valence-corrected chi connectivity index (χ2v) is 7.15. The maximum Gasteiger partial charge on any atom is 1.00 e. The third kappa shape index (κ3) is 4.43. The number of carbonyl (C=O) groups is 2. The SMILES string of the molecule is O=C1C=C(N2CC2)C(=O)C(N2CC2)=C1N1CC1.O=S(=O)([O-])C(F)(F)F.[Li+]. The van der Waals surface area contributed by atoms with Crippen molar-refractivity contribution in [2.75, 3.05) is 39.3 Å². The Balaban J connectivity index is 0.000000235. The second-order valence-electron chi connectivity index (χ2n) is 5.78. The molecule has 0 unspecified atom stereocenters. The number of allylic oxidation sites excluding steroid dienone is 1. The van der Waals surface area contributed by atoms with Gasteiger partial charge in [-0.25, -0.2) is 8.42 Å². The number of alkyl halides is 3. The summed E-state index contributed by atoms with van der Waals surface area (Å²) in [5.74, 6) is 0.0485. The van der Waals surface area contributed by atoms with Gasteiger partial charge in [0.15, 0.2) is 10.1 Å². The number of rotatable bonds is 3. The number of Topliss-reactive ketones (excluding diaryl/α,β-unsaturated/α-hetero) is 1. The first-order valence-electron chi connectivity index (χ1n) is 7.32. The smallest absolute Gasteiger partial charge is 0.741 e. The molecule has 0 aromatic heterocycles. The van der Waals surface area contributed by atoms with Crippen molar-refractivity contribution in [3.63, 3.8) is 0 Å². The topological polar surface area (TPSA) is 100 Å². The number of hydrogen-bond donors (Lipinski definition) is 0. The van der Waals surface area contributed by atoms with Gasteiger partial charge in [0.1, 0.15) is 11.4 Å². The summed E-state index contributed by atoms with van der Waals surface area (Å²) in [6.45, 7) is 5.41. The molecule has 0 spiro atoms. The van der Waals surface area contributed by atoms with Crippen molar-refractivity contribution >= 4 is 21.7 Å². The quantitative estimate of drug-likeness (QED) is 0.160. The molecule has 0 amide bonds. The average Bonchev–Trinajstić information content (AvgIpc) is 3.35. The Morgan fingerprint density at radius 1 is 0.885 bits per heavy atom. The Hall–Kier alpha value is -1.48. The van der Waals surface area contributed by atoms with Crippen LogP contribution in [0.2, 0.25) is 0 Å². The third-order valence-electron chi connectivity index (χ3n) is 3.77. The average molecular weight is 387 g/mol. The van der Waals surface area contributed by atoms with Crippen LogP contribution >= 0.6 is 0 Å². The predicted molar refractivity (Wildman–Crippen MR) is 75.6 cm³/mol. The first-order chi connectivity index (χ1) is 11.5. The molecule has 0 radical (unpaired) electrons. The summed E-state index contributed by atoms with van der Waals surface area (Å²) in [6, 6.07) is 0. The van der Waals surface area contributed by atoms with Crippen molar-refractivity contribution < 1.29 is 54.6 Å². The van der Waals surface area contributed by atoms with E-state index < -0.39 is 15.6 Å². The summed E-state index contributed by atoms with van der Waals surface area (Å²) in [5.41, 5.74) is -3.76. The minimum absolute atomic E-state index is 0. The zero-order chi connectivity index (χ0) is 18.6. The minimum atomic E-state index is -6.09. The molecular weight excluding hydrogens is 374 g/mol. The van der Waals surface area contributed by atoms with Crippen molar-refractivity contribution in [3.05, 3.63) is 23.2 Å². The number of carbonyl (C=O) groups excluding carboxylic acids is 2. The van der Waals surface area contributed by atoms with E-state index in [1.807, 2.05) is 14.7 Å². The standard InChI is InChI=1S/C12H13N3O2.CHF3O3S.Li/c16-9-7-8(13-1-2-13)12(17)11(15-5-6-15)10(9)14-3-4-14;2-1(3,4)8(5,6)7;/h7H,1-6H2;(H,5,6,7);/q;;+1/p-1. The molecule has 0 aromatic carbocycles. The largest absolute Gasteiger partial charge is 1.00 e. The minimum Gasteiger partial charge on any atom is -0.741 e. The summed E-state index contributed by atoms with van der Waals surface area (Å²) in [7, 11) is -6.09. The molecular formula is C13H13F3LiN3O5S. The molecule has 1 aliphatic carbocycles. The Labute approximate surface area is 159 Å². The van der Waals surface area contributed by atoms with Gasteiger partial charge in [-0.15, -0.1) is 0 Å². The number of halogens is 3. The Bertz CT molecular complexity index is 796. The van der Waals surface area contributed by atoms with Gasteiger partial charge in [0.2, 0.25) is 11.6 Å². The molecule has 26 heavy (non-hydrogen) atoms. The maximum absolute atomic E-state index is 12.4. The Morgan fingerprint density at radius 3 is 1.62 bits per heavy atom. The summed E-state index contributed by atoms with van der Waals surface area (Å²) in [4.78, 5) is 30.5. The van der Waals surface area contributed by atoms with Crippen LogP contribution < -0.4 is 18.9 Å². The van der Waals surface area contributed by atoms with Crippen LogP contribution in [0.3, 0.4) is 0 Å². The Kier molecular flexibility index (Phi) is 5.54. The molecule has 4 aliphatic rings. The van der Waals surface area contributed by atoms with E-state index >= 15 is 0 Å². The van der Waals surface area contributed by atoms with Gasteiger partial charge in [0.05, 0.1) is 5.70 Å². The fourth-order valence-electron chi connectivity index (χ4n) is 2.28. The molecule has 0 atom stereocenters. The maximum atomic E-state index is 12.4. The van der Waals surface area contributed by atoms with E-state index in [9.17, 15) is 22.8 Å². The molecule has 3 saturated heterocycles. The van der Waals surface area contributed by atoms with E-state index in [1.54, 1.807) is 0 Å². The van der Waals surface area contributed by atoms with E-state index in [0.717, 1.165) is 39.3 Å². The molecule has 3 fully saturated rings. The van der Waals surface area contributed by atoms with Gasteiger partial charge >= 0.3 is 24.4 Å². The molecule has 13 heteroatoms. The summed E-state index contributed by atoms with van der Waals surface area (Å²) >= 11 is 0. The fraction of sp³-hybridized carbons (Fsp3) is 0.538. The van der Waals surface area contributed by atoms with Crippen LogP contribution in [0, 0.1) is 0 Å². The van der Waals surface area contributed by atoms with E-state index in [4.69, 9.17) is 13.0 Å². The van der Waals surface area contributed by atoms with Crippen molar-refractivity contribution in [3.8, 4) is 0 Å². The van der Waals surface area contributed by atoms with Gasteiger partial charge in [-0.3, -0.25) is 9.59 Å². The zero-order valence-corrected chi connectivity index (χ0v) is 14.6. The molecule has 0 saturated carbocycles. The van der Waals surface area contributed by atoms with Crippen molar-refractivity contribution in [2.24, 2.45) is 0 Å². The van der Waals surface area contributed by atoms with E-state index in [1.165, 1.54) is 6.08 Å². The van der Waals surface area contributed by atoms with Gasteiger partial charge in [-0.2, -0.15) is 13.2 Å². The zero-order valence-electron chi connectivity index (χ0n) is 13.7. The van der Waals surface area contributed by atoms with E-state index in [2.05, 4.69) is 0 Å². The van der Waals surface area contributed by atoms with E-state index in [-0.39, 0.29) is 30.4 Å². The number of hydrogen-bond acceptors (Lipinski definition) is 8. The molecule has 0 aromatic rings. The van der Waals surface area contributed by atoms with Crippen LogP contribution in [-0.2, 0) is 19.7 Å². The van der Waals surface area contributed by atoms with Gasteiger partial charge in [-0.1, -0.05) is 0 Å². The molecule has 138 valence electrons.